The van der Waals surface area contributed by atoms with Gasteiger partial charge in [-0.05, 0) is 18.3 Å². The molecule has 0 radical (unpaired) electrons. The van der Waals surface area contributed by atoms with Gasteiger partial charge in [0, 0.05) is 11.8 Å². The third-order valence-corrected chi connectivity index (χ3v) is 3.03. The lowest BCUT2D eigenvalue weighted by Crippen LogP contribution is -2.09. The highest BCUT2D eigenvalue weighted by Gasteiger charge is 2.14. The van der Waals surface area contributed by atoms with Crippen LogP contribution >= 0.6 is 15.9 Å². The molecule has 0 spiro atoms. The van der Waals surface area contributed by atoms with Crippen LogP contribution in [0.25, 0.3) is 0 Å². The Morgan fingerprint density at radius 1 is 1.25 bits per heavy atom. The van der Waals surface area contributed by atoms with Crippen molar-refractivity contribution in [2.45, 2.75) is 39.5 Å². The fraction of sp³-hybridized carbons (Fsp3) is 1.00. The summed E-state index contributed by atoms with van der Waals surface area (Å²) in [5.41, 5.74) is 0. The minimum absolute atomic E-state index is 0.0451. The van der Waals surface area contributed by atoms with Crippen LogP contribution in [-0.4, -0.2) is 11.8 Å². The first-order chi connectivity index (χ1) is 5.60. The molecule has 0 saturated heterocycles. The molecule has 0 aliphatic heterocycles. The molecule has 0 saturated carbocycles. The number of hydrogen-bond acceptors (Lipinski definition) is 0. The van der Waals surface area contributed by atoms with Crippen LogP contribution < -0.4 is 0 Å². The largest absolute Gasteiger partial charge is 0.238 e. The van der Waals surface area contributed by atoms with Crippen molar-refractivity contribution in [2.24, 2.45) is 11.8 Å². The molecule has 3 heteroatoms. The zero-order valence-electron chi connectivity index (χ0n) is 7.69. The van der Waals surface area contributed by atoms with E-state index in [1.165, 1.54) is 0 Å². The second kappa shape index (κ2) is 6.81. The molecule has 0 heterocycles. The Morgan fingerprint density at radius 3 is 2.17 bits per heavy atom. The van der Waals surface area contributed by atoms with Gasteiger partial charge >= 0.3 is 0 Å². The third kappa shape index (κ3) is 5.92. The third-order valence-electron chi connectivity index (χ3n) is 2.11. The summed E-state index contributed by atoms with van der Waals surface area (Å²) >= 11 is 3.38. The van der Waals surface area contributed by atoms with Crippen molar-refractivity contribution >= 4 is 15.9 Å². The summed E-state index contributed by atoms with van der Waals surface area (Å²) in [7, 11) is 0. The molecule has 0 nitrogen and oxygen atoms in total. The van der Waals surface area contributed by atoms with Gasteiger partial charge in [0.25, 0.3) is 0 Å². The van der Waals surface area contributed by atoms with E-state index in [0.29, 0.717) is 5.92 Å². The van der Waals surface area contributed by atoms with E-state index in [1.54, 1.807) is 0 Å². The van der Waals surface area contributed by atoms with Crippen molar-refractivity contribution in [2.75, 3.05) is 5.33 Å². The molecule has 12 heavy (non-hydrogen) atoms. The Balaban J connectivity index is 3.58. The average Bonchev–Trinajstić information content (AvgIpc) is 1.98. The fourth-order valence-corrected chi connectivity index (χ4v) is 2.03. The molecule has 0 rings (SSSR count). The molecule has 0 aliphatic rings. The van der Waals surface area contributed by atoms with E-state index in [9.17, 15) is 8.78 Å². The summed E-state index contributed by atoms with van der Waals surface area (Å²) in [5, 5.41) is 0.928. The highest BCUT2D eigenvalue weighted by molar-refractivity contribution is 9.09. The molecule has 0 aliphatic carbocycles. The van der Waals surface area contributed by atoms with Crippen LogP contribution in [0, 0.1) is 11.8 Å². The first-order valence-electron chi connectivity index (χ1n) is 4.44. The van der Waals surface area contributed by atoms with Gasteiger partial charge < -0.3 is 0 Å². The van der Waals surface area contributed by atoms with Gasteiger partial charge in [0.15, 0.2) is 0 Å². The van der Waals surface area contributed by atoms with E-state index in [0.717, 1.165) is 18.2 Å². The normalized spacial score (nSPS) is 16.5. The highest BCUT2D eigenvalue weighted by atomic mass is 79.9. The van der Waals surface area contributed by atoms with E-state index in [4.69, 9.17) is 0 Å². The predicted octanol–water partition coefficient (Wildman–Crippen LogP) is 4.09. The van der Waals surface area contributed by atoms with E-state index in [2.05, 4.69) is 22.9 Å². The Labute approximate surface area is 81.9 Å². The second-order valence-electron chi connectivity index (χ2n) is 3.40. The van der Waals surface area contributed by atoms with Crippen LogP contribution in [0.5, 0.6) is 0 Å². The van der Waals surface area contributed by atoms with Crippen LogP contribution in [0.4, 0.5) is 8.78 Å². The smallest absolute Gasteiger partial charge is 0.211 e. The van der Waals surface area contributed by atoms with E-state index in [1.807, 2.05) is 6.92 Å². The SMILES string of the molecule is CCC(CBr)CC(C)CC(F)F. The second-order valence-corrected chi connectivity index (χ2v) is 4.04. The predicted molar refractivity (Wildman–Crippen MR) is 52.0 cm³/mol. The molecule has 0 aromatic carbocycles. The van der Waals surface area contributed by atoms with Crippen LogP contribution in [0.1, 0.15) is 33.1 Å². The zero-order chi connectivity index (χ0) is 9.56. The lowest BCUT2D eigenvalue weighted by molar-refractivity contribution is 0.112. The number of halogens is 3. The molecule has 0 fully saturated rings. The van der Waals surface area contributed by atoms with Crippen LogP contribution in [-0.2, 0) is 0 Å². The van der Waals surface area contributed by atoms with Gasteiger partial charge in [-0.15, -0.1) is 0 Å². The highest BCUT2D eigenvalue weighted by Crippen LogP contribution is 2.22. The number of alkyl halides is 3. The maximum Gasteiger partial charge on any atom is 0.238 e. The Bertz CT molecular complexity index is 103. The molecule has 0 N–H and O–H groups in total. The minimum atomic E-state index is -2.15. The van der Waals surface area contributed by atoms with Crippen molar-refractivity contribution in [3.05, 3.63) is 0 Å². The molecular formula is C9H17BrF2. The molecule has 0 bridgehead atoms. The average molecular weight is 243 g/mol. The summed E-state index contributed by atoms with van der Waals surface area (Å²) in [4.78, 5) is 0. The quantitative estimate of drug-likeness (QED) is 0.616. The molecule has 2 unspecified atom stereocenters. The molecule has 74 valence electrons. The maximum atomic E-state index is 11.9. The number of rotatable bonds is 6. The standard InChI is InChI=1S/C9H17BrF2/c1-3-8(6-10)4-7(2)5-9(11)12/h7-9H,3-6H2,1-2H3. The van der Waals surface area contributed by atoms with Crippen molar-refractivity contribution in [1.82, 2.24) is 0 Å². The molecule has 2 atom stereocenters. The van der Waals surface area contributed by atoms with Gasteiger partial charge in [-0.25, -0.2) is 8.78 Å². The van der Waals surface area contributed by atoms with Crippen molar-refractivity contribution in [3.8, 4) is 0 Å². The van der Waals surface area contributed by atoms with Gasteiger partial charge in [-0.2, -0.15) is 0 Å². The maximum absolute atomic E-state index is 11.9. The number of hydrogen-bond donors (Lipinski definition) is 0. The van der Waals surface area contributed by atoms with Crippen molar-refractivity contribution in [1.29, 1.82) is 0 Å². The van der Waals surface area contributed by atoms with Gasteiger partial charge in [0.05, 0.1) is 0 Å². The molecule has 0 aromatic heterocycles. The van der Waals surface area contributed by atoms with Crippen molar-refractivity contribution < 1.29 is 8.78 Å². The van der Waals surface area contributed by atoms with Gasteiger partial charge in [0.2, 0.25) is 6.43 Å². The lowest BCUT2D eigenvalue weighted by Gasteiger charge is -2.16. The first-order valence-corrected chi connectivity index (χ1v) is 5.56. The first kappa shape index (κ1) is 12.3. The van der Waals surface area contributed by atoms with Crippen LogP contribution in [0.15, 0.2) is 0 Å². The minimum Gasteiger partial charge on any atom is -0.211 e. The molecular weight excluding hydrogens is 226 g/mol. The summed E-state index contributed by atoms with van der Waals surface area (Å²) in [5.74, 6) is 0.700. The van der Waals surface area contributed by atoms with Gasteiger partial charge in [0.1, 0.15) is 0 Å². The van der Waals surface area contributed by atoms with Gasteiger partial charge in [-0.1, -0.05) is 36.2 Å². The summed E-state index contributed by atoms with van der Waals surface area (Å²) in [6.07, 6.45) is -0.123. The summed E-state index contributed by atoms with van der Waals surface area (Å²) in [6, 6.07) is 0. The van der Waals surface area contributed by atoms with Crippen LogP contribution in [0.3, 0.4) is 0 Å². The topological polar surface area (TPSA) is 0 Å². The van der Waals surface area contributed by atoms with E-state index >= 15 is 0 Å². The molecule has 0 aromatic rings. The summed E-state index contributed by atoms with van der Waals surface area (Å²) < 4.78 is 23.9. The van der Waals surface area contributed by atoms with Gasteiger partial charge in [-0.3, -0.25) is 0 Å². The van der Waals surface area contributed by atoms with Crippen LogP contribution in [0.2, 0.25) is 0 Å². The fourth-order valence-electron chi connectivity index (χ4n) is 1.31. The van der Waals surface area contributed by atoms with E-state index in [-0.39, 0.29) is 12.3 Å². The summed E-state index contributed by atoms with van der Waals surface area (Å²) in [6.45, 7) is 4.00. The van der Waals surface area contributed by atoms with Crippen molar-refractivity contribution in [3.63, 3.8) is 0 Å². The van der Waals surface area contributed by atoms with E-state index < -0.39 is 6.43 Å². The zero-order valence-corrected chi connectivity index (χ0v) is 9.28. The monoisotopic (exact) mass is 242 g/mol. The lowest BCUT2D eigenvalue weighted by atomic mass is 9.93. The molecule has 0 amide bonds. The Hall–Kier alpha value is 0.340. The Kier molecular flexibility index (Phi) is 7.01. The Morgan fingerprint density at radius 2 is 1.83 bits per heavy atom.